The SMILES string of the molecule is Cc1ccc(C(=O)c2c(Cl)cccc2Cl)c2ccccc12. The molecule has 0 fully saturated rings. The van der Waals surface area contributed by atoms with Crippen LogP contribution < -0.4 is 0 Å². The second-order valence-electron chi connectivity index (χ2n) is 4.90. The molecule has 0 bridgehead atoms. The van der Waals surface area contributed by atoms with Crippen molar-refractivity contribution < 1.29 is 4.79 Å². The van der Waals surface area contributed by atoms with Gasteiger partial charge < -0.3 is 0 Å². The van der Waals surface area contributed by atoms with Gasteiger partial charge in [-0.2, -0.15) is 0 Å². The summed E-state index contributed by atoms with van der Waals surface area (Å²) in [7, 11) is 0. The molecule has 3 aromatic carbocycles. The van der Waals surface area contributed by atoms with E-state index >= 15 is 0 Å². The molecule has 3 heteroatoms. The van der Waals surface area contributed by atoms with Gasteiger partial charge in [-0.25, -0.2) is 0 Å². The highest BCUT2D eigenvalue weighted by Crippen LogP contribution is 2.30. The Bertz CT molecular complexity index is 833. The van der Waals surface area contributed by atoms with Gasteiger partial charge in [0.05, 0.1) is 15.6 Å². The topological polar surface area (TPSA) is 17.1 Å². The van der Waals surface area contributed by atoms with Crippen LogP contribution in [0.4, 0.5) is 0 Å². The van der Waals surface area contributed by atoms with Gasteiger partial charge in [-0.3, -0.25) is 4.79 Å². The van der Waals surface area contributed by atoms with Crippen LogP contribution in [-0.4, -0.2) is 5.78 Å². The summed E-state index contributed by atoms with van der Waals surface area (Å²) in [5, 5.41) is 2.72. The summed E-state index contributed by atoms with van der Waals surface area (Å²) in [4.78, 5) is 12.8. The first-order chi connectivity index (χ1) is 10.1. The average Bonchev–Trinajstić information content (AvgIpc) is 2.47. The van der Waals surface area contributed by atoms with Crippen LogP contribution in [-0.2, 0) is 0 Å². The van der Waals surface area contributed by atoms with E-state index in [9.17, 15) is 4.79 Å². The summed E-state index contributed by atoms with van der Waals surface area (Å²) < 4.78 is 0. The third-order valence-electron chi connectivity index (χ3n) is 3.58. The Morgan fingerprint density at radius 1 is 0.810 bits per heavy atom. The molecule has 0 aliphatic rings. The number of ketones is 1. The van der Waals surface area contributed by atoms with Crippen LogP contribution in [0, 0.1) is 6.92 Å². The van der Waals surface area contributed by atoms with Crippen LogP contribution in [0.3, 0.4) is 0 Å². The molecule has 1 nitrogen and oxygen atoms in total. The third-order valence-corrected chi connectivity index (χ3v) is 4.21. The predicted octanol–water partition coefficient (Wildman–Crippen LogP) is 5.69. The van der Waals surface area contributed by atoms with Gasteiger partial charge in [0.1, 0.15) is 0 Å². The van der Waals surface area contributed by atoms with Gasteiger partial charge in [0, 0.05) is 5.56 Å². The number of rotatable bonds is 2. The van der Waals surface area contributed by atoms with Crippen molar-refractivity contribution in [2.45, 2.75) is 6.92 Å². The fourth-order valence-corrected chi connectivity index (χ4v) is 3.07. The summed E-state index contributed by atoms with van der Waals surface area (Å²) in [6.07, 6.45) is 0. The van der Waals surface area contributed by atoms with E-state index in [1.165, 1.54) is 0 Å². The van der Waals surface area contributed by atoms with Crippen LogP contribution in [0.5, 0.6) is 0 Å². The maximum atomic E-state index is 12.8. The van der Waals surface area contributed by atoms with Crippen LogP contribution in [0.2, 0.25) is 10.0 Å². The zero-order valence-electron chi connectivity index (χ0n) is 11.4. The number of carbonyl (C=O) groups excluding carboxylic acids is 1. The minimum Gasteiger partial charge on any atom is -0.288 e. The van der Waals surface area contributed by atoms with E-state index in [2.05, 4.69) is 0 Å². The minimum atomic E-state index is -0.151. The molecule has 0 aliphatic heterocycles. The number of aryl methyl sites for hydroxylation is 1. The Morgan fingerprint density at radius 2 is 1.43 bits per heavy atom. The normalized spacial score (nSPS) is 10.8. The smallest absolute Gasteiger partial charge is 0.196 e. The number of hydrogen-bond acceptors (Lipinski definition) is 1. The number of carbonyl (C=O) groups is 1. The molecular formula is C18H12Cl2O. The Morgan fingerprint density at radius 3 is 2.10 bits per heavy atom. The van der Waals surface area contributed by atoms with Gasteiger partial charge in [0.2, 0.25) is 0 Å². The molecule has 0 saturated carbocycles. The summed E-state index contributed by atoms with van der Waals surface area (Å²) >= 11 is 12.3. The molecular weight excluding hydrogens is 303 g/mol. The number of benzene rings is 3. The fourth-order valence-electron chi connectivity index (χ4n) is 2.50. The van der Waals surface area contributed by atoms with Crippen molar-refractivity contribution in [2.75, 3.05) is 0 Å². The lowest BCUT2D eigenvalue weighted by Crippen LogP contribution is -2.04. The highest BCUT2D eigenvalue weighted by atomic mass is 35.5. The van der Waals surface area contributed by atoms with Crippen molar-refractivity contribution in [3.8, 4) is 0 Å². The molecule has 104 valence electrons. The van der Waals surface area contributed by atoms with Crippen molar-refractivity contribution in [1.29, 1.82) is 0 Å². The maximum absolute atomic E-state index is 12.8. The van der Waals surface area contributed by atoms with Crippen molar-refractivity contribution in [3.05, 3.63) is 81.3 Å². The molecule has 0 spiro atoms. The molecule has 0 N–H and O–H groups in total. The molecule has 0 radical (unpaired) electrons. The standard InChI is InChI=1S/C18H12Cl2O/c1-11-9-10-14(13-6-3-2-5-12(11)13)18(21)17-15(19)7-4-8-16(17)20/h2-10H,1H3. The molecule has 0 saturated heterocycles. The molecule has 0 atom stereocenters. The van der Waals surface area contributed by atoms with Gasteiger partial charge in [-0.15, -0.1) is 0 Å². The lowest BCUT2D eigenvalue weighted by atomic mass is 9.95. The van der Waals surface area contributed by atoms with E-state index in [0.29, 0.717) is 21.2 Å². The zero-order chi connectivity index (χ0) is 15.0. The van der Waals surface area contributed by atoms with Crippen molar-refractivity contribution in [1.82, 2.24) is 0 Å². The van der Waals surface area contributed by atoms with Crippen LogP contribution in [0.1, 0.15) is 21.5 Å². The fraction of sp³-hybridized carbons (Fsp3) is 0.0556. The maximum Gasteiger partial charge on any atom is 0.196 e. The van der Waals surface area contributed by atoms with Gasteiger partial charge >= 0.3 is 0 Å². The van der Waals surface area contributed by atoms with Crippen molar-refractivity contribution in [3.63, 3.8) is 0 Å². The Labute approximate surface area is 133 Å². The van der Waals surface area contributed by atoms with Crippen LogP contribution >= 0.6 is 23.2 Å². The van der Waals surface area contributed by atoms with Crippen molar-refractivity contribution >= 4 is 39.8 Å². The lowest BCUT2D eigenvalue weighted by Gasteiger charge is -2.10. The largest absolute Gasteiger partial charge is 0.288 e. The van der Waals surface area contributed by atoms with E-state index in [-0.39, 0.29) is 5.78 Å². The molecule has 3 aromatic rings. The Hall–Kier alpha value is -1.83. The molecule has 0 aromatic heterocycles. The molecule has 0 aliphatic carbocycles. The summed E-state index contributed by atoms with van der Waals surface area (Å²) in [5.41, 5.74) is 2.11. The highest BCUT2D eigenvalue weighted by molar-refractivity contribution is 6.41. The highest BCUT2D eigenvalue weighted by Gasteiger charge is 2.18. The van der Waals surface area contributed by atoms with Gasteiger partial charge in [0.25, 0.3) is 0 Å². The Kier molecular flexibility index (Phi) is 3.71. The van der Waals surface area contributed by atoms with Gasteiger partial charge in [-0.1, -0.05) is 65.7 Å². The summed E-state index contributed by atoms with van der Waals surface area (Å²) in [5.74, 6) is -0.151. The van der Waals surface area contributed by atoms with E-state index in [0.717, 1.165) is 16.3 Å². The predicted molar refractivity (Wildman–Crippen MR) is 88.6 cm³/mol. The number of halogens is 2. The second-order valence-corrected chi connectivity index (χ2v) is 5.72. The summed E-state index contributed by atoms with van der Waals surface area (Å²) in [6.45, 7) is 2.03. The van der Waals surface area contributed by atoms with E-state index in [4.69, 9.17) is 23.2 Å². The first kappa shape index (κ1) is 14.1. The first-order valence-electron chi connectivity index (χ1n) is 6.56. The third kappa shape index (κ3) is 2.44. The minimum absolute atomic E-state index is 0.151. The van der Waals surface area contributed by atoms with E-state index in [1.807, 2.05) is 43.3 Å². The molecule has 21 heavy (non-hydrogen) atoms. The van der Waals surface area contributed by atoms with Gasteiger partial charge in [-0.05, 0) is 35.4 Å². The van der Waals surface area contributed by atoms with Crippen LogP contribution in [0.15, 0.2) is 54.6 Å². The Balaban J connectivity index is 2.26. The number of hydrogen-bond donors (Lipinski definition) is 0. The first-order valence-corrected chi connectivity index (χ1v) is 7.32. The molecule has 0 heterocycles. The molecule has 0 unspecified atom stereocenters. The monoisotopic (exact) mass is 314 g/mol. The van der Waals surface area contributed by atoms with E-state index < -0.39 is 0 Å². The number of fused-ring (bicyclic) bond motifs is 1. The zero-order valence-corrected chi connectivity index (χ0v) is 12.9. The average molecular weight is 315 g/mol. The van der Waals surface area contributed by atoms with Gasteiger partial charge in [0.15, 0.2) is 5.78 Å². The quantitative estimate of drug-likeness (QED) is 0.556. The summed E-state index contributed by atoms with van der Waals surface area (Å²) in [6, 6.07) is 16.7. The van der Waals surface area contributed by atoms with Crippen molar-refractivity contribution in [2.24, 2.45) is 0 Å². The lowest BCUT2D eigenvalue weighted by molar-refractivity contribution is 0.104. The van der Waals surface area contributed by atoms with Crippen LogP contribution in [0.25, 0.3) is 10.8 Å². The molecule has 3 rings (SSSR count). The molecule has 0 amide bonds. The second kappa shape index (κ2) is 5.51. The van der Waals surface area contributed by atoms with E-state index in [1.54, 1.807) is 18.2 Å².